The number of ether oxygens (including phenoxy) is 1. The third kappa shape index (κ3) is 1.33. The number of allylic oxidation sites excluding steroid dienone is 1. The van der Waals surface area contributed by atoms with Crippen molar-refractivity contribution in [2.45, 2.75) is 5.41 Å². The molecule has 1 aromatic rings. The molecule has 0 N–H and O–H groups in total. The molecule has 0 unspecified atom stereocenters. The second kappa shape index (κ2) is 3.46. The number of carbonyl (C=O) groups excluding carboxylic acids is 1. The molecule has 0 aromatic heterocycles. The van der Waals surface area contributed by atoms with Crippen LogP contribution in [-0.4, -0.2) is 13.1 Å². The van der Waals surface area contributed by atoms with Gasteiger partial charge in [-0.15, -0.1) is 0 Å². The van der Waals surface area contributed by atoms with Gasteiger partial charge in [-0.25, -0.2) is 4.79 Å². The van der Waals surface area contributed by atoms with Crippen LogP contribution in [0.2, 0.25) is 0 Å². The maximum Gasteiger partial charge on any atom is 0.367 e. The number of hydrogen-bond acceptors (Lipinski definition) is 2. The van der Waals surface area contributed by atoms with Gasteiger partial charge in [-0.05, 0) is 6.08 Å². The molecule has 1 aliphatic rings. The molecule has 1 fully saturated rings. The molecular weight excluding hydrogens is 188 g/mol. The predicted octanol–water partition coefficient (Wildman–Crippen LogP) is 2.12. The summed E-state index contributed by atoms with van der Waals surface area (Å²) in [5.74, 6) is -0.119. The van der Waals surface area contributed by atoms with Crippen LogP contribution < -0.4 is 0 Å². The van der Waals surface area contributed by atoms with Crippen molar-refractivity contribution in [1.29, 1.82) is 0 Å². The summed E-state index contributed by atoms with van der Waals surface area (Å²) in [5, 5.41) is 0. The first-order chi connectivity index (χ1) is 7.25. The van der Waals surface area contributed by atoms with Crippen molar-refractivity contribution >= 4 is 5.97 Å². The highest BCUT2D eigenvalue weighted by atomic mass is 16.5. The zero-order chi connectivity index (χ0) is 10.9. The lowest BCUT2D eigenvalue weighted by atomic mass is 9.93. The average molecular weight is 201 g/mol. The molecule has 0 aliphatic heterocycles. The molecule has 0 bridgehead atoms. The molecule has 1 saturated carbocycles. The molecule has 0 spiro atoms. The zero-order valence-corrected chi connectivity index (χ0v) is 8.64. The Morgan fingerprint density at radius 1 is 1.53 bits per heavy atom. The average Bonchev–Trinajstić information content (AvgIpc) is 3.05. The maximum absolute atomic E-state index is 11.8. The minimum absolute atomic E-state index is 0.0901. The Hall–Kier alpha value is -1.70. The normalized spacial score (nSPS) is 27.7. The molecule has 15 heavy (non-hydrogen) atoms. The minimum Gasteiger partial charge on any atom is -0.465 e. The predicted molar refractivity (Wildman–Crippen MR) is 58.1 cm³/mol. The Balaban J connectivity index is 2.38. The van der Waals surface area contributed by atoms with E-state index < -0.39 is 5.41 Å². The van der Waals surface area contributed by atoms with Crippen LogP contribution in [0, 0.1) is 12.3 Å². The summed E-state index contributed by atoms with van der Waals surface area (Å²) in [4.78, 5) is 11.8. The minimum atomic E-state index is -0.586. The van der Waals surface area contributed by atoms with Crippen LogP contribution in [0.5, 0.6) is 0 Å². The van der Waals surface area contributed by atoms with Crippen LogP contribution in [0.3, 0.4) is 0 Å². The van der Waals surface area contributed by atoms with Crippen molar-refractivity contribution in [3.8, 4) is 0 Å². The lowest BCUT2D eigenvalue weighted by Gasteiger charge is -2.06. The highest BCUT2D eigenvalue weighted by molar-refractivity contribution is 5.91. The van der Waals surface area contributed by atoms with E-state index in [4.69, 9.17) is 4.74 Å². The standard InChI is InChI=1S/C13H13O2/c1-3-10-9-13(10,12(14)15-2)11-7-5-4-6-8-11/h3-10H,1H2,2H3/q+1/t10-,13-/m0/s1. The van der Waals surface area contributed by atoms with Crippen molar-refractivity contribution in [1.82, 2.24) is 0 Å². The molecule has 0 amide bonds. The molecule has 2 atom stereocenters. The molecule has 76 valence electrons. The van der Waals surface area contributed by atoms with Gasteiger partial charge in [-0.1, -0.05) is 36.9 Å². The van der Waals surface area contributed by atoms with Crippen molar-refractivity contribution < 1.29 is 9.53 Å². The van der Waals surface area contributed by atoms with E-state index >= 15 is 0 Å². The number of benzene rings is 1. The van der Waals surface area contributed by atoms with Gasteiger partial charge in [0.05, 0.1) is 7.11 Å². The van der Waals surface area contributed by atoms with E-state index in [1.54, 1.807) is 6.08 Å². The van der Waals surface area contributed by atoms with Crippen molar-refractivity contribution in [2.75, 3.05) is 7.11 Å². The summed E-state index contributed by atoms with van der Waals surface area (Å²) in [6.07, 6.45) is 3.74. The van der Waals surface area contributed by atoms with Gasteiger partial charge in [-0.3, -0.25) is 0 Å². The van der Waals surface area contributed by atoms with Gasteiger partial charge in [0.25, 0.3) is 5.41 Å². The van der Waals surface area contributed by atoms with Crippen LogP contribution in [-0.2, 0) is 14.9 Å². The lowest BCUT2D eigenvalue weighted by Crippen LogP contribution is -2.24. The van der Waals surface area contributed by atoms with Crippen LogP contribution in [0.4, 0.5) is 0 Å². The van der Waals surface area contributed by atoms with Gasteiger partial charge in [0, 0.05) is 5.56 Å². The summed E-state index contributed by atoms with van der Waals surface area (Å²) < 4.78 is 4.85. The molecule has 0 saturated heterocycles. The maximum atomic E-state index is 11.8. The summed E-state index contributed by atoms with van der Waals surface area (Å²) in [5.41, 5.74) is 0.388. The van der Waals surface area contributed by atoms with E-state index in [2.05, 4.69) is 6.58 Å². The number of carbonyl (C=O) groups is 1. The van der Waals surface area contributed by atoms with Crippen LogP contribution in [0.1, 0.15) is 5.56 Å². The van der Waals surface area contributed by atoms with Gasteiger partial charge < -0.3 is 4.74 Å². The largest absolute Gasteiger partial charge is 0.465 e. The van der Waals surface area contributed by atoms with Crippen molar-refractivity contribution in [3.05, 3.63) is 55.0 Å². The van der Waals surface area contributed by atoms with E-state index in [1.807, 2.05) is 36.8 Å². The van der Waals surface area contributed by atoms with E-state index in [-0.39, 0.29) is 11.9 Å². The van der Waals surface area contributed by atoms with Gasteiger partial charge in [0.15, 0.2) is 5.92 Å². The Labute approximate surface area is 89.6 Å². The zero-order valence-electron chi connectivity index (χ0n) is 8.64. The summed E-state index contributed by atoms with van der Waals surface area (Å²) in [6.45, 7) is 3.72. The molecule has 2 heteroatoms. The fourth-order valence-electron chi connectivity index (χ4n) is 1.98. The number of esters is 1. The van der Waals surface area contributed by atoms with Gasteiger partial charge >= 0.3 is 5.97 Å². The van der Waals surface area contributed by atoms with E-state index in [0.29, 0.717) is 0 Å². The second-order valence-corrected chi connectivity index (χ2v) is 3.65. The van der Waals surface area contributed by atoms with Gasteiger partial charge in [0.2, 0.25) is 0 Å². The van der Waals surface area contributed by atoms with E-state index in [1.165, 1.54) is 7.11 Å². The van der Waals surface area contributed by atoms with Crippen LogP contribution in [0.25, 0.3) is 0 Å². The quantitative estimate of drug-likeness (QED) is 0.425. The van der Waals surface area contributed by atoms with Crippen LogP contribution >= 0.6 is 0 Å². The molecule has 1 aliphatic carbocycles. The summed E-state index contributed by atoms with van der Waals surface area (Å²) in [6, 6.07) is 9.66. The Morgan fingerprint density at radius 3 is 2.67 bits per heavy atom. The summed E-state index contributed by atoms with van der Waals surface area (Å²) >= 11 is 0. The second-order valence-electron chi connectivity index (χ2n) is 3.65. The number of rotatable bonds is 3. The number of methoxy groups -OCH3 is 1. The first-order valence-electron chi connectivity index (χ1n) is 4.88. The van der Waals surface area contributed by atoms with E-state index in [0.717, 1.165) is 5.56 Å². The molecule has 2 rings (SSSR count). The first-order valence-corrected chi connectivity index (χ1v) is 4.88. The smallest absolute Gasteiger partial charge is 0.367 e. The highest BCUT2D eigenvalue weighted by Gasteiger charge is 2.74. The fraction of sp³-hybridized carbons (Fsp3) is 0.231. The SMILES string of the molecule is C=C[C@H]1[CH+][C@@]1(C(=O)OC)c1ccccc1. The Kier molecular flexibility index (Phi) is 2.27. The third-order valence-corrected chi connectivity index (χ3v) is 2.89. The molecule has 1 aromatic carbocycles. The van der Waals surface area contributed by atoms with Gasteiger partial charge in [-0.2, -0.15) is 0 Å². The third-order valence-electron chi connectivity index (χ3n) is 2.89. The van der Waals surface area contributed by atoms with Crippen molar-refractivity contribution in [2.24, 2.45) is 5.92 Å². The van der Waals surface area contributed by atoms with Gasteiger partial charge in [0.1, 0.15) is 6.42 Å². The monoisotopic (exact) mass is 201 g/mol. The molecule has 0 heterocycles. The highest BCUT2D eigenvalue weighted by Crippen LogP contribution is 2.54. The topological polar surface area (TPSA) is 26.3 Å². The first kappa shape index (κ1) is 9.84. The molecular formula is C13H13O2+. The molecule has 0 radical (unpaired) electrons. The van der Waals surface area contributed by atoms with E-state index in [9.17, 15) is 4.79 Å². The Morgan fingerprint density at radius 2 is 2.20 bits per heavy atom. The number of hydrogen-bond donors (Lipinski definition) is 0. The Bertz CT molecular complexity index is 383. The lowest BCUT2D eigenvalue weighted by molar-refractivity contribution is -0.143. The fourth-order valence-corrected chi connectivity index (χ4v) is 1.98. The molecule has 2 nitrogen and oxygen atoms in total. The van der Waals surface area contributed by atoms with Crippen LogP contribution in [0.15, 0.2) is 43.0 Å². The van der Waals surface area contributed by atoms with Crippen molar-refractivity contribution in [3.63, 3.8) is 0 Å². The summed E-state index contributed by atoms with van der Waals surface area (Å²) in [7, 11) is 1.42.